The van der Waals surface area contributed by atoms with Gasteiger partial charge in [-0.3, -0.25) is 9.48 Å². The van der Waals surface area contributed by atoms with E-state index in [2.05, 4.69) is 16.6 Å². The molecule has 1 aliphatic rings. The summed E-state index contributed by atoms with van der Waals surface area (Å²) in [6.45, 7) is 6.27. The molecule has 0 unspecified atom stereocenters. The van der Waals surface area contributed by atoms with Crippen LogP contribution in [-0.4, -0.2) is 68.4 Å². The van der Waals surface area contributed by atoms with Crippen molar-refractivity contribution >= 4 is 51.0 Å². The van der Waals surface area contributed by atoms with Gasteiger partial charge in [0, 0.05) is 66.9 Å². The van der Waals surface area contributed by atoms with Gasteiger partial charge < -0.3 is 33.7 Å². The van der Waals surface area contributed by atoms with E-state index in [1.807, 2.05) is 37.7 Å². The maximum absolute atomic E-state index is 14.8. The van der Waals surface area contributed by atoms with Crippen LogP contribution in [0.4, 0.5) is 5.69 Å². The highest BCUT2D eigenvalue weighted by molar-refractivity contribution is 6.35. The number of hydrogen-bond donors (Lipinski definition) is 2. The average Bonchev–Trinajstić information content (AvgIpc) is 3.62. The minimum atomic E-state index is -1.10. The Hall–Kier alpha value is -4.48. The molecule has 0 bridgehead atoms. The Morgan fingerprint density at radius 2 is 1.82 bits per heavy atom. The lowest BCUT2D eigenvalue weighted by Crippen LogP contribution is -2.43. The first-order chi connectivity index (χ1) is 21.5. The maximum atomic E-state index is 14.8. The number of carbonyl (C=O) groups is 2. The van der Waals surface area contributed by atoms with E-state index in [0.29, 0.717) is 58.2 Å². The quantitative estimate of drug-likeness (QED) is 0.226. The van der Waals surface area contributed by atoms with Gasteiger partial charge in [0.2, 0.25) is 0 Å². The van der Waals surface area contributed by atoms with Crippen LogP contribution in [0.2, 0.25) is 5.02 Å². The van der Waals surface area contributed by atoms with E-state index in [1.54, 1.807) is 22.6 Å². The summed E-state index contributed by atoms with van der Waals surface area (Å²) in [5.74, 6) is -0.580. The van der Waals surface area contributed by atoms with Crippen LogP contribution >= 0.6 is 11.6 Å². The van der Waals surface area contributed by atoms with Crippen LogP contribution in [0.15, 0.2) is 24.3 Å². The molecule has 12 heteroatoms. The number of nitrogens with zero attached hydrogens (tertiary/aromatic N) is 5. The number of aliphatic hydroxyl groups excluding tert-OH is 1. The van der Waals surface area contributed by atoms with Crippen molar-refractivity contribution in [2.45, 2.75) is 39.7 Å². The number of halogens is 1. The summed E-state index contributed by atoms with van der Waals surface area (Å²) in [5, 5.41) is 26.4. The van der Waals surface area contributed by atoms with Crippen LogP contribution in [0, 0.1) is 13.8 Å². The van der Waals surface area contributed by atoms with Crippen molar-refractivity contribution in [1.29, 1.82) is 0 Å². The molecule has 6 rings (SSSR count). The van der Waals surface area contributed by atoms with E-state index in [0.717, 1.165) is 39.0 Å². The van der Waals surface area contributed by atoms with Gasteiger partial charge in [-0.1, -0.05) is 17.7 Å². The zero-order valence-corrected chi connectivity index (χ0v) is 27.1. The second-order valence-electron chi connectivity index (χ2n) is 11.6. The lowest BCUT2D eigenvalue weighted by molar-refractivity contribution is 0.0687. The smallest absolute Gasteiger partial charge is 0.352 e. The van der Waals surface area contributed by atoms with Crippen molar-refractivity contribution in [2.75, 3.05) is 32.3 Å². The first kappa shape index (κ1) is 30.5. The lowest BCUT2D eigenvalue weighted by atomic mass is 9.98. The molecule has 0 saturated carbocycles. The van der Waals surface area contributed by atoms with Crippen LogP contribution in [0.5, 0.6) is 11.5 Å². The topological polar surface area (TPSA) is 124 Å². The molecule has 0 spiro atoms. The second-order valence-corrected chi connectivity index (χ2v) is 12.0. The van der Waals surface area contributed by atoms with Gasteiger partial charge in [-0.25, -0.2) is 4.79 Å². The number of aliphatic hydroxyl groups is 1. The molecule has 1 amide bonds. The molecule has 1 aliphatic heterocycles. The Labute approximate surface area is 265 Å². The fraction of sp³-hybridized carbons (Fsp3) is 0.364. The normalized spacial score (nSPS) is 14.9. The van der Waals surface area contributed by atoms with Gasteiger partial charge >= 0.3 is 5.97 Å². The van der Waals surface area contributed by atoms with Gasteiger partial charge in [-0.2, -0.15) is 5.10 Å². The third kappa shape index (κ3) is 4.39. The monoisotopic (exact) mass is 633 g/mol. The maximum Gasteiger partial charge on any atom is 0.352 e. The number of methoxy groups -OCH3 is 2. The number of amides is 1. The summed E-state index contributed by atoms with van der Waals surface area (Å²) in [4.78, 5) is 28.7. The molecule has 0 aliphatic carbocycles. The standard InChI is InChI=1S/C33H36ClN5O6/c1-16-15-38(23-14-25(44-6)31(45-7)21-13-24(33(42)43)36(4)28(21)23)32(41)30-19(9-8-12-40)20-10-11-22(34)27(29(20)39(16)30)26-17(2)35-37(5)18(26)3/h10-11,13-14,16,40H,8-9,12,15H2,1-7H3,(H,42,43)/t16-/m1/s1. The molecule has 5 aromatic rings. The van der Waals surface area contributed by atoms with Crippen LogP contribution in [0.3, 0.4) is 0 Å². The van der Waals surface area contributed by atoms with Gasteiger partial charge in [-0.05, 0) is 51.3 Å². The van der Waals surface area contributed by atoms with E-state index in [-0.39, 0.29) is 24.2 Å². The first-order valence-corrected chi connectivity index (χ1v) is 15.1. The number of fused-ring (bicyclic) bond motifs is 4. The zero-order chi connectivity index (χ0) is 32.5. The summed E-state index contributed by atoms with van der Waals surface area (Å²) in [5.41, 5.74) is 6.83. The molecule has 2 N–H and O–H groups in total. The molecule has 3 aromatic heterocycles. The Balaban J connectivity index is 1.67. The molecule has 4 heterocycles. The molecule has 11 nitrogen and oxygen atoms in total. The average molecular weight is 634 g/mol. The molecule has 0 saturated heterocycles. The fourth-order valence-corrected chi connectivity index (χ4v) is 7.26. The lowest BCUT2D eigenvalue weighted by Gasteiger charge is -2.35. The number of anilines is 1. The van der Waals surface area contributed by atoms with Crippen molar-refractivity contribution in [1.82, 2.24) is 18.9 Å². The molecule has 1 atom stereocenters. The largest absolute Gasteiger partial charge is 0.493 e. The van der Waals surface area contributed by atoms with Crippen LogP contribution < -0.4 is 14.4 Å². The van der Waals surface area contributed by atoms with Crippen molar-refractivity contribution in [3.63, 3.8) is 0 Å². The van der Waals surface area contributed by atoms with Crippen LogP contribution in [0.1, 0.15) is 57.3 Å². The van der Waals surface area contributed by atoms with Crippen molar-refractivity contribution in [2.24, 2.45) is 14.1 Å². The highest BCUT2D eigenvalue weighted by Gasteiger charge is 2.38. The molecule has 0 fully saturated rings. The Bertz CT molecular complexity index is 2040. The minimum absolute atomic E-state index is 0.0293. The SMILES string of the molecule is COc1cc(N2C[C@@H](C)n3c(c(CCCO)c4ccc(Cl)c(-c5c(C)nn(C)c5C)c43)C2=O)c2c(cc(C(=O)O)n2C)c1OC. The molecule has 45 heavy (non-hydrogen) atoms. The van der Waals surface area contributed by atoms with E-state index in [9.17, 15) is 19.8 Å². The van der Waals surface area contributed by atoms with Gasteiger partial charge in [0.05, 0.1) is 41.7 Å². The van der Waals surface area contributed by atoms with Crippen molar-refractivity contribution in [3.8, 4) is 22.6 Å². The summed E-state index contributed by atoms with van der Waals surface area (Å²) in [7, 11) is 6.56. The van der Waals surface area contributed by atoms with Gasteiger partial charge in [0.15, 0.2) is 11.5 Å². The minimum Gasteiger partial charge on any atom is -0.493 e. The fourth-order valence-electron chi connectivity index (χ4n) is 7.01. The van der Waals surface area contributed by atoms with E-state index < -0.39 is 5.97 Å². The number of carboxylic acids is 1. The van der Waals surface area contributed by atoms with Crippen LogP contribution in [0.25, 0.3) is 32.9 Å². The summed E-state index contributed by atoms with van der Waals surface area (Å²) in [6.07, 6.45) is 0.944. The third-order valence-electron chi connectivity index (χ3n) is 9.04. The number of aromatic nitrogens is 4. The summed E-state index contributed by atoms with van der Waals surface area (Å²) >= 11 is 6.97. The van der Waals surface area contributed by atoms with Crippen LogP contribution in [-0.2, 0) is 20.5 Å². The number of carboxylic acid groups (broad SMARTS) is 1. The van der Waals surface area contributed by atoms with Crippen molar-refractivity contribution < 1.29 is 29.3 Å². The Kier molecular flexibility index (Phi) is 7.57. The van der Waals surface area contributed by atoms with Gasteiger partial charge in [0.25, 0.3) is 5.91 Å². The number of ether oxygens (including phenoxy) is 2. The third-order valence-corrected chi connectivity index (χ3v) is 9.36. The van der Waals surface area contributed by atoms with E-state index in [1.165, 1.54) is 20.3 Å². The predicted molar refractivity (Wildman–Crippen MR) is 173 cm³/mol. The number of aromatic carboxylic acids is 1. The zero-order valence-electron chi connectivity index (χ0n) is 26.4. The predicted octanol–water partition coefficient (Wildman–Crippen LogP) is 5.67. The summed E-state index contributed by atoms with van der Waals surface area (Å²) < 4.78 is 16.8. The van der Waals surface area contributed by atoms with Gasteiger partial charge in [-0.15, -0.1) is 0 Å². The van der Waals surface area contributed by atoms with E-state index >= 15 is 0 Å². The molecule has 2 aromatic carbocycles. The molecule has 0 radical (unpaired) electrons. The first-order valence-electron chi connectivity index (χ1n) is 14.7. The van der Waals surface area contributed by atoms with E-state index in [4.69, 9.17) is 21.1 Å². The number of benzene rings is 2. The highest BCUT2D eigenvalue weighted by atomic mass is 35.5. The highest BCUT2D eigenvalue weighted by Crippen LogP contribution is 2.48. The molecular formula is C33H36ClN5O6. The Morgan fingerprint density at radius 3 is 2.42 bits per heavy atom. The van der Waals surface area contributed by atoms with Crippen molar-refractivity contribution in [3.05, 3.63) is 57.6 Å². The second kappa shape index (κ2) is 11.1. The molecular weight excluding hydrogens is 598 g/mol. The number of hydrogen-bond acceptors (Lipinski definition) is 6. The Morgan fingerprint density at radius 1 is 1.09 bits per heavy atom. The number of aryl methyl sites for hydroxylation is 4. The molecule has 236 valence electrons. The van der Waals surface area contributed by atoms with Gasteiger partial charge in [0.1, 0.15) is 11.4 Å². The summed E-state index contributed by atoms with van der Waals surface area (Å²) in [6, 6.07) is 6.88. The number of carbonyl (C=O) groups excluding carboxylic acids is 1. The number of rotatable bonds is 8.